The summed E-state index contributed by atoms with van der Waals surface area (Å²) >= 11 is 0. The van der Waals surface area contributed by atoms with E-state index in [0.29, 0.717) is 12.0 Å². The topological polar surface area (TPSA) is 59.6 Å². The second-order valence-electron chi connectivity index (χ2n) is 5.44. The van der Waals surface area contributed by atoms with Crippen LogP contribution in [-0.4, -0.2) is 38.9 Å². The Morgan fingerprint density at radius 3 is 2.81 bits per heavy atom. The Labute approximate surface area is 126 Å². The van der Waals surface area contributed by atoms with Gasteiger partial charge >= 0.3 is 0 Å². The maximum atomic E-state index is 11.5. The quantitative estimate of drug-likeness (QED) is 0.846. The molecule has 0 bridgehead atoms. The lowest BCUT2D eigenvalue weighted by Gasteiger charge is -2.29. The molecule has 1 amide bonds. The van der Waals surface area contributed by atoms with E-state index < -0.39 is 0 Å². The summed E-state index contributed by atoms with van der Waals surface area (Å²) in [6.07, 6.45) is 2.19. The van der Waals surface area contributed by atoms with Crippen molar-refractivity contribution in [3.63, 3.8) is 0 Å². The highest BCUT2D eigenvalue weighted by atomic mass is 16.5. The van der Waals surface area contributed by atoms with Gasteiger partial charge in [0, 0.05) is 37.7 Å². The van der Waals surface area contributed by atoms with Crippen molar-refractivity contribution < 1.29 is 14.3 Å². The predicted octanol–water partition coefficient (Wildman–Crippen LogP) is 2.50. The Morgan fingerprint density at radius 1 is 1.38 bits per heavy atom. The lowest BCUT2D eigenvalue weighted by Crippen LogP contribution is -2.31. The van der Waals surface area contributed by atoms with E-state index in [-0.39, 0.29) is 12.5 Å². The van der Waals surface area contributed by atoms with Gasteiger partial charge in [-0.1, -0.05) is 6.07 Å². The Hall–Kier alpha value is -1.59. The normalized spacial score (nSPS) is 17.2. The number of methoxy groups -OCH3 is 1. The molecular weight excluding hydrogens is 268 g/mol. The van der Waals surface area contributed by atoms with Crippen LogP contribution in [0, 0.1) is 5.92 Å². The molecule has 0 aliphatic carbocycles. The van der Waals surface area contributed by atoms with Gasteiger partial charge in [-0.3, -0.25) is 4.79 Å². The Morgan fingerprint density at radius 2 is 2.10 bits per heavy atom. The summed E-state index contributed by atoms with van der Waals surface area (Å²) in [6, 6.07) is 8.16. The van der Waals surface area contributed by atoms with Gasteiger partial charge in [-0.15, -0.1) is 0 Å². The molecule has 116 valence electrons. The van der Waals surface area contributed by atoms with E-state index in [1.54, 1.807) is 0 Å². The molecule has 1 aliphatic rings. The van der Waals surface area contributed by atoms with Crippen LogP contribution in [0.4, 0.5) is 11.4 Å². The molecule has 2 rings (SSSR count). The summed E-state index contributed by atoms with van der Waals surface area (Å²) < 4.78 is 10.2. The third-order valence-corrected chi connectivity index (χ3v) is 3.79. The van der Waals surface area contributed by atoms with Crippen LogP contribution >= 0.6 is 0 Å². The van der Waals surface area contributed by atoms with Crippen LogP contribution in [0.1, 0.15) is 19.8 Å². The maximum absolute atomic E-state index is 11.5. The Kier molecular flexibility index (Phi) is 6.02. The van der Waals surface area contributed by atoms with E-state index in [1.165, 1.54) is 7.11 Å². The van der Waals surface area contributed by atoms with E-state index in [9.17, 15) is 4.79 Å². The molecule has 0 spiro atoms. The van der Waals surface area contributed by atoms with E-state index >= 15 is 0 Å². The molecule has 0 aromatic heterocycles. The fraction of sp³-hybridized carbons (Fsp3) is 0.562. The number of rotatable bonds is 6. The summed E-state index contributed by atoms with van der Waals surface area (Å²) in [5, 5.41) is 6.33. The summed E-state index contributed by atoms with van der Waals surface area (Å²) in [7, 11) is 1.51. The van der Waals surface area contributed by atoms with Crippen LogP contribution in [0.3, 0.4) is 0 Å². The zero-order chi connectivity index (χ0) is 15.1. The first-order chi connectivity index (χ1) is 10.2. The van der Waals surface area contributed by atoms with Crippen molar-refractivity contribution in [3.05, 3.63) is 24.3 Å². The highest BCUT2D eigenvalue weighted by Crippen LogP contribution is 2.23. The third-order valence-electron chi connectivity index (χ3n) is 3.79. The monoisotopic (exact) mass is 292 g/mol. The van der Waals surface area contributed by atoms with Crippen molar-refractivity contribution >= 4 is 17.3 Å². The second-order valence-corrected chi connectivity index (χ2v) is 5.44. The number of anilines is 2. The van der Waals surface area contributed by atoms with Crippen LogP contribution in [0.15, 0.2) is 24.3 Å². The standard InChI is InChI=1S/C16H24N2O3/c1-12(13-6-8-21-9-7-13)17-14-4-3-5-15(10-14)18-16(19)11-20-2/h3-5,10,12-13,17H,6-9,11H2,1-2H3,(H,18,19)/t12-/m1/s1. The van der Waals surface area contributed by atoms with Crippen LogP contribution in [-0.2, 0) is 14.3 Å². The smallest absolute Gasteiger partial charge is 0.250 e. The number of hydrogen-bond acceptors (Lipinski definition) is 4. The lowest BCUT2D eigenvalue weighted by molar-refractivity contribution is -0.119. The first-order valence-electron chi connectivity index (χ1n) is 7.42. The van der Waals surface area contributed by atoms with Crippen molar-refractivity contribution in [2.45, 2.75) is 25.8 Å². The minimum absolute atomic E-state index is 0.0656. The fourth-order valence-electron chi connectivity index (χ4n) is 2.61. The molecular formula is C16H24N2O3. The molecule has 1 saturated heterocycles. The molecule has 1 fully saturated rings. The molecule has 0 unspecified atom stereocenters. The van der Waals surface area contributed by atoms with Crippen LogP contribution < -0.4 is 10.6 Å². The van der Waals surface area contributed by atoms with Crippen LogP contribution in [0.5, 0.6) is 0 Å². The van der Waals surface area contributed by atoms with Crippen molar-refractivity contribution in [2.24, 2.45) is 5.92 Å². The van der Waals surface area contributed by atoms with Crippen molar-refractivity contribution in [2.75, 3.05) is 37.6 Å². The SMILES string of the molecule is COCC(=O)Nc1cccc(N[C@H](C)C2CCOCC2)c1. The molecule has 1 heterocycles. The fourth-order valence-corrected chi connectivity index (χ4v) is 2.61. The maximum Gasteiger partial charge on any atom is 0.250 e. The third kappa shape index (κ3) is 5.02. The van der Waals surface area contributed by atoms with Crippen LogP contribution in [0.25, 0.3) is 0 Å². The lowest BCUT2D eigenvalue weighted by atomic mass is 9.93. The molecule has 1 atom stereocenters. The minimum Gasteiger partial charge on any atom is -0.382 e. The molecule has 21 heavy (non-hydrogen) atoms. The van der Waals surface area contributed by atoms with Gasteiger partial charge in [0.25, 0.3) is 0 Å². The number of benzene rings is 1. The number of carbonyl (C=O) groups is 1. The highest BCUT2D eigenvalue weighted by Gasteiger charge is 2.20. The average molecular weight is 292 g/mol. The van der Waals surface area contributed by atoms with Crippen molar-refractivity contribution in [1.82, 2.24) is 0 Å². The molecule has 0 saturated carbocycles. The van der Waals surface area contributed by atoms with Crippen LogP contribution in [0.2, 0.25) is 0 Å². The predicted molar refractivity (Wildman–Crippen MR) is 83.6 cm³/mol. The first-order valence-corrected chi connectivity index (χ1v) is 7.42. The van der Waals surface area contributed by atoms with E-state index in [0.717, 1.165) is 37.4 Å². The summed E-state index contributed by atoms with van der Waals surface area (Å²) in [5.74, 6) is 0.484. The molecule has 1 aromatic carbocycles. The first kappa shape index (κ1) is 15.8. The van der Waals surface area contributed by atoms with E-state index in [4.69, 9.17) is 9.47 Å². The van der Waals surface area contributed by atoms with E-state index in [1.807, 2.05) is 24.3 Å². The Balaban J connectivity index is 1.92. The number of nitrogens with one attached hydrogen (secondary N) is 2. The van der Waals surface area contributed by atoms with Gasteiger partial charge < -0.3 is 20.1 Å². The molecule has 5 nitrogen and oxygen atoms in total. The zero-order valence-corrected chi connectivity index (χ0v) is 12.7. The molecule has 0 radical (unpaired) electrons. The van der Waals surface area contributed by atoms with Gasteiger partial charge in [-0.25, -0.2) is 0 Å². The van der Waals surface area contributed by atoms with Gasteiger partial charge in [0.05, 0.1) is 0 Å². The number of ether oxygens (including phenoxy) is 2. The number of amides is 1. The number of carbonyl (C=O) groups excluding carboxylic acids is 1. The van der Waals surface area contributed by atoms with E-state index in [2.05, 4.69) is 17.6 Å². The molecule has 5 heteroatoms. The summed E-state index contributed by atoms with van der Waals surface area (Å²) in [5.41, 5.74) is 1.80. The van der Waals surface area contributed by atoms with Gasteiger partial charge in [-0.2, -0.15) is 0 Å². The Bertz CT molecular complexity index is 459. The van der Waals surface area contributed by atoms with Gasteiger partial charge in [0.15, 0.2) is 0 Å². The second kappa shape index (κ2) is 8.00. The van der Waals surface area contributed by atoms with Gasteiger partial charge in [-0.05, 0) is 43.9 Å². The minimum atomic E-state index is -0.146. The molecule has 1 aromatic rings. The summed E-state index contributed by atoms with van der Waals surface area (Å²) in [6.45, 7) is 3.97. The largest absolute Gasteiger partial charge is 0.382 e. The molecule has 1 aliphatic heterocycles. The summed E-state index contributed by atoms with van der Waals surface area (Å²) in [4.78, 5) is 11.5. The molecule has 2 N–H and O–H groups in total. The van der Waals surface area contributed by atoms with Crippen molar-refractivity contribution in [3.8, 4) is 0 Å². The zero-order valence-electron chi connectivity index (χ0n) is 12.7. The van der Waals surface area contributed by atoms with Gasteiger partial charge in [0.2, 0.25) is 5.91 Å². The van der Waals surface area contributed by atoms with Gasteiger partial charge in [0.1, 0.15) is 6.61 Å². The average Bonchev–Trinajstić information content (AvgIpc) is 2.48. The highest BCUT2D eigenvalue weighted by molar-refractivity contribution is 5.92. The van der Waals surface area contributed by atoms with Crippen molar-refractivity contribution in [1.29, 1.82) is 0 Å². The number of hydrogen-bond donors (Lipinski definition) is 2.